The summed E-state index contributed by atoms with van der Waals surface area (Å²) < 4.78 is 11.3. The van der Waals surface area contributed by atoms with Crippen molar-refractivity contribution >= 4 is 51.4 Å². The maximum atomic E-state index is 12.9. The normalized spacial score (nSPS) is 11.6. The van der Waals surface area contributed by atoms with E-state index in [1.54, 1.807) is 30.3 Å². The largest absolute Gasteiger partial charge is 0.493 e. The fourth-order valence-electron chi connectivity index (χ4n) is 3.00. The molecule has 2 heterocycles. The summed E-state index contributed by atoms with van der Waals surface area (Å²) in [5.74, 6) is 0.964. The first-order chi connectivity index (χ1) is 13.9. The number of H-pyrrole nitrogens is 2. The molecule has 10 heteroatoms. The van der Waals surface area contributed by atoms with Crippen molar-refractivity contribution in [2.75, 3.05) is 14.2 Å². The minimum absolute atomic E-state index is 0.189. The SMILES string of the molecule is COc1cc2[nH]c3c(=O)n(N=Cc4ccc(Cl)cc4Cl)c(=O)[nH]c3c2cc1OC. The summed E-state index contributed by atoms with van der Waals surface area (Å²) in [6, 6.07) is 8.17. The van der Waals surface area contributed by atoms with Gasteiger partial charge < -0.3 is 19.4 Å². The average molecular weight is 433 g/mol. The fourth-order valence-corrected chi connectivity index (χ4v) is 3.46. The van der Waals surface area contributed by atoms with Gasteiger partial charge in [0.15, 0.2) is 11.5 Å². The number of fused-ring (bicyclic) bond motifs is 3. The lowest BCUT2D eigenvalue weighted by Crippen LogP contribution is -2.32. The molecule has 0 fully saturated rings. The fraction of sp³-hybridized carbons (Fsp3) is 0.105. The molecule has 0 aliphatic heterocycles. The van der Waals surface area contributed by atoms with Gasteiger partial charge in [0, 0.05) is 22.0 Å². The zero-order valence-corrected chi connectivity index (χ0v) is 16.8. The number of hydrogen-bond acceptors (Lipinski definition) is 5. The van der Waals surface area contributed by atoms with Crippen molar-refractivity contribution in [1.29, 1.82) is 0 Å². The molecule has 2 N–H and O–H groups in total. The molecule has 0 aliphatic rings. The minimum Gasteiger partial charge on any atom is -0.493 e. The number of halogens is 2. The molecular formula is C19H14Cl2N4O4. The van der Waals surface area contributed by atoms with Crippen molar-refractivity contribution in [2.45, 2.75) is 0 Å². The Morgan fingerprint density at radius 3 is 2.41 bits per heavy atom. The Morgan fingerprint density at radius 2 is 1.72 bits per heavy atom. The smallest absolute Gasteiger partial charge is 0.350 e. The Hall–Kier alpha value is -3.23. The van der Waals surface area contributed by atoms with Crippen molar-refractivity contribution in [3.8, 4) is 11.5 Å². The second-order valence-electron chi connectivity index (χ2n) is 6.09. The molecule has 4 aromatic rings. The molecule has 0 amide bonds. The topological polar surface area (TPSA) is 101 Å². The number of benzene rings is 2. The van der Waals surface area contributed by atoms with E-state index >= 15 is 0 Å². The first kappa shape index (κ1) is 19.1. The van der Waals surface area contributed by atoms with Crippen LogP contribution in [0.25, 0.3) is 21.9 Å². The maximum Gasteiger partial charge on any atom is 0.350 e. The molecule has 0 radical (unpaired) electrons. The van der Waals surface area contributed by atoms with Crippen LogP contribution in [-0.4, -0.2) is 35.1 Å². The third-order valence-electron chi connectivity index (χ3n) is 4.41. The zero-order valence-electron chi connectivity index (χ0n) is 15.2. The van der Waals surface area contributed by atoms with Crippen LogP contribution in [0.2, 0.25) is 10.0 Å². The van der Waals surface area contributed by atoms with Crippen LogP contribution in [-0.2, 0) is 0 Å². The monoisotopic (exact) mass is 432 g/mol. The summed E-state index contributed by atoms with van der Waals surface area (Å²) in [6.07, 6.45) is 1.32. The van der Waals surface area contributed by atoms with Crippen molar-refractivity contribution in [3.05, 3.63) is 66.8 Å². The van der Waals surface area contributed by atoms with E-state index < -0.39 is 11.2 Å². The van der Waals surface area contributed by atoms with E-state index in [9.17, 15) is 9.59 Å². The Kier molecular flexibility index (Phi) is 4.81. The van der Waals surface area contributed by atoms with E-state index in [2.05, 4.69) is 15.1 Å². The number of hydrogen-bond donors (Lipinski definition) is 2. The molecule has 0 saturated heterocycles. The molecule has 8 nitrogen and oxygen atoms in total. The van der Waals surface area contributed by atoms with Crippen LogP contribution >= 0.6 is 23.2 Å². The standard InChI is InChI=1S/C19H14Cl2N4O4/c1-28-14-6-11-13(7-15(14)29-2)23-17-16(11)24-19(27)25(18(17)26)22-8-9-3-4-10(20)5-12(9)21/h3-8,23H,1-2H3,(H,24,27). The summed E-state index contributed by atoms with van der Waals surface area (Å²) in [4.78, 5) is 31.1. The van der Waals surface area contributed by atoms with E-state index in [1.807, 2.05) is 0 Å². The second-order valence-corrected chi connectivity index (χ2v) is 6.93. The van der Waals surface area contributed by atoms with Crippen molar-refractivity contribution in [1.82, 2.24) is 14.6 Å². The Bertz CT molecular complexity index is 1400. The van der Waals surface area contributed by atoms with Crippen molar-refractivity contribution < 1.29 is 9.47 Å². The van der Waals surface area contributed by atoms with Crippen LogP contribution in [0.4, 0.5) is 0 Å². The highest BCUT2D eigenvalue weighted by Gasteiger charge is 2.16. The number of aromatic nitrogens is 3. The van der Waals surface area contributed by atoms with E-state index in [0.717, 1.165) is 4.68 Å². The molecule has 2 aromatic heterocycles. The highest BCUT2D eigenvalue weighted by atomic mass is 35.5. The van der Waals surface area contributed by atoms with Gasteiger partial charge in [0.1, 0.15) is 5.52 Å². The Labute approximate surface area is 173 Å². The second kappa shape index (κ2) is 7.31. The van der Waals surface area contributed by atoms with Crippen LogP contribution in [0.1, 0.15) is 5.56 Å². The molecular weight excluding hydrogens is 419 g/mol. The van der Waals surface area contributed by atoms with Gasteiger partial charge in [-0.25, -0.2) is 4.79 Å². The molecule has 4 rings (SSSR count). The first-order valence-corrected chi connectivity index (χ1v) is 9.10. The average Bonchev–Trinajstić information content (AvgIpc) is 3.05. The highest BCUT2D eigenvalue weighted by Crippen LogP contribution is 2.34. The summed E-state index contributed by atoms with van der Waals surface area (Å²) in [5.41, 5.74) is 0.349. The summed E-state index contributed by atoms with van der Waals surface area (Å²) in [5, 5.41) is 5.42. The first-order valence-electron chi connectivity index (χ1n) is 8.35. The molecule has 2 aromatic carbocycles. The van der Waals surface area contributed by atoms with E-state index in [0.29, 0.717) is 43.5 Å². The van der Waals surface area contributed by atoms with Gasteiger partial charge in [-0.15, -0.1) is 4.68 Å². The third kappa shape index (κ3) is 3.26. The van der Waals surface area contributed by atoms with Gasteiger partial charge in [-0.3, -0.25) is 4.79 Å². The molecule has 29 heavy (non-hydrogen) atoms. The summed E-state index contributed by atoms with van der Waals surface area (Å²) in [6.45, 7) is 0. The summed E-state index contributed by atoms with van der Waals surface area (Å²) >= 11 is 12.0. The number of rotatable bonds is 4. The molecule has 0 aliphatic carbocycles. The lowest BCUT2D eigenvalue weighted by molar-refractivity contribution is 0.356. The van der Waals surface area contributed by atoms with Gasteiger partial charge in [-0.05, 0) is 18.2 Å². The van der Waals surface area contributed by atoms with Gasteiger partial charge >= 0.3 is 11.2 Å². The van der Waals surface area contributed by atoms with Crippen LogP contribution in [0.3, 0.4) is 0 Å². The number of nitrogens with one attached hydrogen (secondary N) is 2. The van der Waals surface area contributed by atoms with Gasteiger partial charge in [-0.1, -0.05) is 29.3 Å². The predicted molar refractivity (Wildman–Crippen MR) is 113 cm³/mol. The maximum absolute atomic E-state index is 12.9. The molecule has 0 spiro atoms. The molecule has 148 valence electrons. The lowest BCUT2D eigenvalue weighted by Gasteiger charge is -2.06. The van der Waals surface area contributed by atoms with Gasteiger partial charge in [0.05, 0.1) is 36.5 Å². The Balaban J connectivity index is 1.90. The van der Waals surface area contributed by atoms with Crippen molar-refractivity contribution in [3.63, 3.8) is 0 Å². The van der Waals surface area contributed by atoms with Gasteiger partial charge in [0.2, 0.25) is 0 Å². The van der Waals surface area contributed by atoms with Crippen LogP contribution < -0.4 is 20.7 Å². The van der Waals surface area contributed by atoms with E-state index in [1.165, 1.54) is 20.4 Å². The third-order valence-corrected chi connectivity index (χ3v) is 4.97. The zero-order chi connectivity index (χ0) is 20.7. The predicted octanol–water partition coefficient (Wildman–Crippen LogP) is 3.38. The van der Waals surface area contributed by atoms with Crippen LogP contribution in [0.15, 0.2) is 45.0 Å². The van der Waals surface area contributed by atoms with Crippen molar-refractivity contribution in [2.24, 2.45) is 5.10 Å². The Morgan fingerprint density at radius 1 is 1.00 bits per heavy atom. The highest BCUT2D eigenvalue weighted by molar-refractivity contribution is 6.36. The van der Waals surface area contributed by atoms with Gasteiger partial charge in [-0.2, -0.15) is 5.10 Å². The summed E-state index contributed by atoms with van der Waals surface area (Å²) in [7, 11) is 3.02. The van der Waals surface area contributed by atoms with E-state index in [4.69, 9.17) is 32.7 Å². The molecule has 0 atom stereocenters. The van der Waals surface area contributed by atoms with Crippen LogP contribution in [0.5, 0.6) is 11.5 Å². The number of ether oxygens (including phenoxy) is 2. The quantitative estimate of drug-likeness (QED) is 0.482. The number of nitrogens with zero attached hydrogens (tertiary/aromatic N) is 2. The number of methoxy groups -OCH3 is 2. The van der Waals surface area contributed by atoms with E-state index in [-0.39, 0.29) is 5.52 Å². The molecule has 0 bridgehead atoms. The molecule has 0 saturated carbocycles. The molecule has 0 unspecified atom stereocenters. The lowest BCUT2D eigenvalue weighted by atomic mass is 10.2. The minimum atomic E-state index is -0.695. The van der Waals surface area contributed by atoms with Gasteiger partial charge in [0.25, 0.3) is 0 Å². The number of aromatic amines is 2. The van der Waals surface area contributed by atoms with Crippen LogP contribution in [0, 0.1) is 0 Å².